The SMILES string of the molecule is Cc1nc2c3cc(Oc4ccc5c(c4)c4nc(-c6ccccc6)c(-c6ccccc6)n4c4cccnc54)ccc3c3cccnc3n2c1C. The number of benzene rings is 4. The average Bonchev–Trinajstić information content (AvgIpc) is 3.71. The van der Waals surface area contributed by atoms with Crippen molar-refractivity contribution in [3.8, 4) is 34.0 Å². The number of fused-ring (bicyclic) bond motifs is 12. The van der Waals surface area contributed by atoms with Gasteiger partial charge in [-0.1, -0.05) is 60.7 Å². The van der Waals surface area contributed by atoms with Crippen molar-refractivity contribution in [2.75, 3.05) is 0 Å². The Kier molecular flexibility index (Phi) is 5.87. The van der Waals surface area contributed by atoms with Crippen LogP contribution < -0.4 is 4.74 Å². The van der Waals surface area contributed by atoms with Crippen molar-refractivity contribution in [3.63, 3.8) is 0 Å². The summed E-state index contributed by atoms with van der Waals surface area (Å²) in [5.41, 5.74) is 10.7. The Morgan fingerprint density at radius 2 is 1.16 bits per heavy atom. The number of rotatable bonds is 4. The van der Waals surface area contributed by atoms with Crippen molar-refractivity contribution in [1.29, 1.82) is 0 Å². The van der Waals surface area contributed by atoms with Crippen molar-refractivity contribution in [2.45, 2.75) is 13.8 Å². The molecule has 7 heteroatoms. The van der Waals surface area contributed by atoms with Gasteiger partial charge in [-0.2, -0.15) is 0 Å². The van der Waals surface area contributed by atoms with Crippen LogP contribution in [-0.4, -0.2) is 28.7 Å². The van der Waals surface area contributed by atoms with Crippen LogP contribution in [0.1, 0.15) is 11.4 Å². The van der Waals surface area contributed by atoms with Gasteiger partial charge in [-0.05, 0) is 79.9 Å². The van der Waals surface area contributed by atoms with Crippen LogP contribution >= 0.6 is 0 Å². The lowest BCUT2D eigenvalue weighted by molar-refractivity contribution is 0.484. The number of pyridine rings is 4. The van der Waals surface area contributed by atoms with Gasteiger partial charge in [0, 0.05) is 50.8 Å². The molecule has 0 fully saturated rings. The second-order valence-corrected chi connectivity index (χ2v) is 12.4. The van der Waals surface area contributed by atoms with Crippen LogP contribution in [0.15, 0.2) is 134 Å². The summed E-state index contributed by atoms with van der Waals surface area (Å²) in [6.45, 7) is 4.13. The molecular weight excluding hydrogens is 605 g/mol. The molecule has 6 heterocycles. The highest BCUT2D eigenvalue weighted by molar-refractivity contribution is 6.13. The summed E-state index contributed by atoms with van der Waals surface area (Å²) < 4.78 is 11.0. The molecule has 0 saturated heterocycles. The standard InChI is InChI=1S/C42H28N6O/c1-25-26(2)47-40-33(15-9-22-44-40)31-19-17-29(23-34(31)41(47)45-25)49-30-18-20-32-35(24-30)42-46-37(27-11-5-3-6-12-27)39(28-13-7-4-8-14-28)48(42)36-16-10-21-43-38(32)36/h3-24H,1-2H3. The van der Waals surface area contributed by atoms with Gasteiger partial charge in [-0.25, -0.2) is 15.0 Å². The molecule has 0 saturated carbocycles. The molecule has 0 bridgehead atoms. The number of aromatic nitrogens is 6. The molecular formula is C42H28N6O. The summed E-state index contributed by atoms with van der Waals surface area (Å²) >= 11 is 0. The maximum absolute atomic E-state index is 6.65. The summed E-state index contributed by atoms with van der Waals surface area (Å²) in [6, 6.07) is 41.4. The van der Waals surface area contributed by atoms with Crippen molar-refractivity contribution < 1.29 is 4.74 Å². The predicted octanol–water partition coefficient (Wildman–Crippen LogP) is 10.1. The summed E-state index contributed by atoms with van der Waals surface area (Å²) in [4.78, 5) is 19.9. The van der Waals surface area contributed by atoms with Gasteiger partial charge in [-0.15, -0.1) is 0 Å². The zero-order valence-electron chi connectivity index (χ0n) is 26.8. The molecule has 0 radical (unpaired) electrons. The van der Waals surface area contributed by atoms with Gasteiger partial charge >= 0.3 is 0 Å². The molecule has 0 unspecified atom stereocenters. The fraction of sp³-hybridized carbons (Fsp3) is 0.0476. The topological polar surface area (TPSA) is 69.6 Å². The van der Waals surface area contributed by atoms with E-state index >= 15 is 0 Å². The third kappa shape index (κ3) is 4.09. The minimum Gasteiger partial charge on any atom is -0.457 e. The van der Waals surface area contributed by atoms with Gasteiger partial charge in [0.05, 0.1) is 28.1 Å². The maximum atomic E-state index is 6.65. The quantitative estimate of drug-likeness (QED) is 0.181. The molecule has 0 atom stereocenters. The first-order valence-electron chi connectivity index (χ1n) is 16.3. The van der Waals surface area contributed by atoms with Gasteiger partial charge < -0.3 is 4.74 Å². The fourth-order valence-electron chi connectivity index (χ4n) is 7.24. The smallest absolute Gasteiger partial charge is 0.146 e. The molecule has 49 heavy (non-hydrogen) atoms. The summed E-state index contributed by atoms with van der Waals surface area (Å²) in [7, 11) is 0. The van der Waals surface area contributed by atoms with Crippen LogP contribution in [0.3, 0.4) is 0 Å². The molecule has 4 aromatic carbocycles. The van der Waals surface area contributed by atoms with E-state index < -0.39 is 0 Å². The molecule has 0 amide bonds. The minimum absolute atomic E-state index is 0.712. The van der Waals surface area contributed by atoms with Crippen LogP contribution in [0.25, 0.3) is 77.4 Å². The van der Waals surface area contributed by atoms with Gasteiger partial charge in [0.2, 0.25) is 0 Å². The highest BCUT2D eigenvalue weighted by Crippen LogP contribution is 2.40. The van der Waals surface area contributed by atoms with E-state index in [-0.39, 0.29) is 0 Å². The number of imidazole rings is 2. The predicted molar refractivity (Wildman–Crippen MR) is 196 cm³/mol. The normalized spacial score (nSPS) is 11.9. The molecule has 6 aromatic heterocycles. The third-order valence-corrected chi connectivity index (χ3v) is 9.59. The van der Waals surface area contributed by atoms with E-state index in [4.69, 9.17) is 24.7 Å². The molecule has 232 valence electrons. The van der Waals surface area contributed by atoms with E-state index in [9.17, 15) is 0 Å². The van der Waals surface area contributed by atoms with Gasteiger partial charge in [0.15, 0.2) is 0 Å². The van der Waals surface area contributed by atoms with Gasteiger partial charge in [-0.3, -0.25) is 13.8 Å². The first kappa shape index (κ1) is 27.5. The van der Waals surface area contributed by atoms with E-state index in [1.807, 2.05) is 55.7 Å². The maximum Gasteiger partial charge on any atom is 0.146 e. The van der Waals surface area contributed by atoms with Crippen LogP contribution in [0.5, 0.6) is 11.5 Å². The monoisotopic (exact) mass is 632 g/mol. The number of aryl methyl sites for hydroxylation is 2. The largest absolute Gasteiger partial charge is 0.457 e. The summed E-state index contributed by atoms with van der Waals surface area (Å²) in [5, 5.41) is 5.16. The molecule has 0 aliphatic heterocycles. The molecule has 0 aliphatic carbocycles. The van der Waals surface area contributed by atoms with Crippen molar-refractivity contribution in [3.05, 3.63) is 145 Å². The summed E-state index contributed by atoms with van der Waals surface area (Å²) in [5.74, 6) is 1.44. The fourth-order valence-corrected chi connectivity index (χ4v) is 7.24. The van der Waals surface area contributed by atoms with Crippen LogP contribution in [-0.2, 0) is 0 Å². The Balaban J connectivity index is 1.21. The first-order chi connectivity index (χ1) is 24.1. The lowest BCUT2D eigenvalue weighted by Gasteiger charge is -2.13. The Labute approximate surface area is 280 Å². The Morgan fingerprint density at radius 1 is 0.510 bits per heavy atom. The van der Waals surface area contributed by atoms with E-state index in [0.717, 1.165) is 94.6 Å². The first-order valence-corrected chi connectivity index (χ1v) is 16.3. The highest BCUT2D eigenvalue weighted by atomic mass is 16.5. The second-order valence-electron chi connectivity index (χ2n) is 12.4. The zero-order valence-corrected chi connectivity index (χ0v) is 26.8. The Bertz CT molecular complexity index is 2930. The average molecular weight is 633 g/mol. The molecule has 7 nitrogen and oxygen atoms in total. The van der Waals surface area contributed by atoms with Crippen LogP contribution in [0.2, 0.25) is 0 Å². The lowest BCUT2D eigenvalue weighted by Crippen LogP contribution is -1.96. The molecule has 10 aromatic rings. The minimum atomic E-state index is 0.712. The van der Waals surface area contributed by atoms with Crippen LogP contribution in [0.4, 0.5) is 0 Å². The second kappa shape index (κ2) is 10.5. The summed E-state index contributed by atoms with van der Waals surface area (Å²) in [6.07, 6.45) is 3.68. The molecule has 0 spiro atoms. The van der Waals surface area contributed by atoms with Crippen molar-refractivity contribution in [1.82, 2.24) is 28.7 Å². The van der Waals surface area contributed by atoms with E-state index in [1.165, 1.54) is 0 Å². The third-order valence-electron chi connectivity index (χ3n) is 9.59. The molecule has 10 rings (SSSR count). The molecule has 0 aliphatic rings. The van der Waals surface area contributed by atoms with Gasteiger partial charge in [0.25, 0.3) is 0 Å². The van der Waals surface area contributed by atoms with E-state index in [1.54, 1.807) is 0 Å². The van der Waals surface area contributed by atoms with Crippen LogP contribution in [0, 0.1) is 13.8 Å². The van der Waals surface area contributed by atoms with Gasteiger partial charge in [0.1, 0.15) is 28.4 Å². The zero-order chi connectivity index (χ0) is 32.6. The molecule has 0 N–H and O–H groups in total. The number of hydrogen-bond acceptors (Lipinski definition) is 5. The van der Waals surface area contributed by atoms with Crippen molar-refractivity contribution in [2.24, 2.45) is 0 Å². The Morgan fingerprint density at radius 3 is 1.94 bits per heavy atom. The number of ether oxygens (including phenoxy) is 1. The lowest BCUT2D eigenvalue weighted by atomic mass is 10.0. The highest BCUT2D eigenvalue weighted by Gasteiger charge is 2.22. The number of nitrogens with zero attached hydrogens (tertiary/aromatic N) is 6. The Hall–Kier alpha value is -6.60. The van der Waals surface area contributed by atoms with E-state index in [0.29, 0.717) is 5.75 Å². The van der Waals surface area contributed by atoms with Crippen molar-refractivity contribution >= 4 is 54.9 Å². The van der Waals surface area contributed by atoms with E-state index in [2.05, 4.69) is 101 Å². The number of hydrogen-bond donors (Lipinski definition) is 0.